The smallest absolute Gasteiger partial charge is 0.253 e. The predicted molar refractivity (Wildman–Crippen MR) is 118 cm³/mol. The number of halogens is 4. The average molecular weight is 457 g/mol. The first-order valence-electron chi connectivity index (χ1n) is 12.1. The molecule has 3 rings (SSSR count). The fraction of sp³-hybridized carbons (Fsp3) is 0.692. The molecular weight excluding hydrogens is 420 g/mol. The number of benzene rings is 1. The van der Waals surface area contributed by atoms with Gasteiger partial charge in [0.25, 0.3) is 5.92 Å². The number of ether oxygens (including phenoxy) is 2. The maximum atomic E-state index is 14.9. The van der Waals surface area contributed by atoms with Crippen molar-refractivity contribution >= 4 is 0 Å². The Balaban J connectivity index is 1.48. The number of hydrogen-bond donors (Lipinski definition) is 0. The van der Waals surface area contributed by atoms with Gasteiger partial charge >= 0.3 is 0 Å². The summed E-state index contributed by atoms with van der Waals surface area (Å²) in [6.45, 7) is 4.72. The lowest BCUT2D eigenvalue weighted by Crippen LogP contribution is -2.45. The molecule has 0 aromatic heterocycles. The summed E-state index contributed by atoms with van der Waals surface area (Å²) in [5.41, 5.74) is 0.264. The van der Waals surface area contributed by atoms with Gasteiger partial charge in [-0.1, -0.05) is 31.6 Å². The first kappa shape index (κ1) is 25.1. The van der Waals surface area contributed by atoms with E-state index in [0.717, 1.165) is 25.7 Å². The lowest BCUT2D eigenvalue weighted by atomic mass is 9.74. The van der Waals surface area contributed by atoms with Gasteiger partial charge in [0, 0.05) is 18.9 Å². The monoisotopic (exact) mass is 456 g/mol. The highest BCUT2D eigenvalue weighted by atomic mass is 19.3. The number of alkyl halides is 2. The van der Waals surface area contributed by atoms with Crippen LogP contribution >= 0.6 is 0 Å². The summed E-state index contributed by atoms with van der Waals surface area (Å²) in [6.07, 6.45) is 9.02. The van der Waals surface area contributed by atoms with Crippen LogP contribution in [0.4, 0.5) is 17.6 Å². The van der Waals surface area contributed by atoms with E-state index in [0.29, 0.717) is 38.2 Å². The van der Waals surface area contributed by atoms with Crippen LogP contribution in [0.25, 0.3) is 0 Å². The van der Waals surface area contributed by atoms with Gasteiger partial charge in [-0.15, -0.1) is 0 Å². The lowest BCUT2D eigenvalue weighted by molar-refractivity contribution is -0.165. The van der Waals surface area contributed by atoms with Gasteiger partial charge in [0.05, 0.1) is 12.7 Å². The summed E-state index contributed by atoms with van der Waals surface area (Å²) < 4.78 is 68.9. The first-order chi connectivity index (χ1) is 15.4. The van der Waals surface area contributed by atoms with Crippen molar-refractivity contribution in [3.05, 3.63) is 41.5 Å². The summed E-state index contributed by atoms with van der Waals surface area (Å²) in [5, 5.41) is 0. The van der Waals surface area contributed by atoms with E-state index in [9.17, 15) is 17.6 Å². The molecule has 2 fully saturated rings. The standard InChI is InChI=1S/C26H36F4O2/c1-3-7-19-11-14-22(32-17-19)21-13-10-18(16-26(21,29)30)8-5-6-9-20-12-15-23(31-4-2)25(28)24(20)27/h5,8,12,15,18-19,21-22H,3-4,6-7,9-11,13-14,16-17H2,1-2H3/b8-5+. The molecule has 2 nitrogen and oxygen atoms in total. The van der Waals surface area contributed by atoms with Gasteiger partial charge in [0.1, 0.15) is 0 Å². The molecule has 1 aliphatic carbocycles. The van der Waals surface area contributed by atoms with Crippen molar-refractivity contribution in [1.82, 2.24) is 0 Å². The van der Waals surface area contributed by atoms with Crippen molar-refractivity contribution in [1.29, 1.82) is 0 Å². The molecule has 1 aromatic carbocycles. The molecular formula is C26H36F4O2. The van der Waals surface area contributed by atoms with Gasteiger partial charge in [0.2, 0.25) is 5.82 Å². The minimum Gasteiger partial charge on any atom is -0.491 e. The van der Waals surface area contributed by atoms with Crippen LogP contribution in [0.2, 0.25) is 0 Å². The molecule has 1 aliphatic heterocycles. The molecule has 4 atom stereocenters. The third kappa shape index (κ3) is 6.27. The van der Waals surface area contributed by atoms with Crippen molar-refractivity contribution in [2.45, 2.75) is 83.7 Å². The zero-order chi connectivity index (χ0) is 23.1. The Morgan fingerprint density at radius 1 is 1.09 bits per heavy atom. The second-order valence-corrected chi connectivity index (χ2v) is 9.26. The zero-order valence-corrected chi connectivity index (χ0v) is 19.2. The van der Waals surface area contributed by atoms with Gasteiger partial charge in [-0.2, -0.15) is 4.39 Å². The number of rotatable bonds is 9. The topological polar surface area (TPSA) is 18.5 Å². The Hall–Kier alpha value is -1.56. The van der Waals surface area contributed by atoms with Gasteiger partial charge in [-0.3, -0.25) is 0 Å². The third-order valence-electron chi connectivity index (χ3n) is 6.89. The molecule has 4 unspecified atom stereocenters. The minimum atomic E-state index is -2.74. The highest BCUT2D eigenvalue weighted by molar-refractivity contribution is 5.31. The largest absolute Gasteiger partial charge is 0.491 e. The predicted octanol–water partition coefficient (Wildman–Crippen LogP) is 7.50. The summed E-state index contributed by atoms with van der Waals surface area (Å²) in [6, 6.07) is 2.95. The Morgan fingerprint density at radius 3 is 2.56 bits per heavy atom. The molecule has 0 radical (unpaired) electrons. The van der Waals surface area contributed by atoms with Crippen molar-refractivity contribution in [2.75, 3.05) is 13.2 Å². The van der Waals surface area contributed by atoms with E-state index in [2.05, 4.69) is 6.92 Å². The molecule has 180 valence electrons. The van der Waals surface area contributed by atoms with E-state index < -0.39 is 23.5 Å². The van der Waals surface area contributed by atoms with E-state index in [-0.39, 0.29) is 36.4 Å². The van der Waals surface area contributed by atoms with Gasteiger partial charge < -0.3 is 9.47 Å². The van der Waals surface area contributed by atoms with E-state index in [4.69, 9.17) is 9.47 Å². The number of aryl methyl sites for hydroxylation is 1. The zero-order valence-electron chi connectivity index (χ0n) is 19.2. The number of hydrogen-bond acceptors (Lipinski definition) is 2. The highest BCUT2D eigenvalue weighted by Gasteiger charge is 2.49. The highest BCUT2D eigenvalue weighted by Crippen LogP contribution is 2.46. The van der Waals surface area contributed by atoms with Crippen LogP contribution in [-0.2, 0) is 11.2 Å². The van der Waals surface area contributed by atoms with Crippen LogP contribution in [0.15, 0.2) is 24.3 Å². The molecule has 1 saturated heterocycles. The molecule has 0 amide bonds. The first-order valence-corrected chi connectivity index (χ1v) is 12.1. The molecule has 1 aromatic rings. The average Bonchev–Trinajstić information content (AvgIpc) is 2.76. The van der Waals surface area contributed by atoms with Gasteiger partial charge in [0.15, 0.2) is 11.6 Å². The van der Waals surface area contributed by atoms with Crippen molar-refractivity contribution in [3.8, 4) is 5.75 Å². The Kier molecular flexibility index (Phi) is 9.04. The SMILES string of the molecule is CCCC1CCC(C2CCC(/C=C/CCc3ccc(OCC)c(F)c3F)CC2(F)F)OC1. The second kappa shape index (κ2) is 11.5. The molecule has 1 heterocycles. The van der Waals surface area contributed by atoms with E-state index in [1.807, 2.05) is 12.2 Å². The summed E-state index contributed by atoms with van der Waals surface area (Å²) >= 11 is 0. The van der Waals surface area contributed by atoms with Crippen LogP contribution in [0.3, 0.4) is 0 Å². The molecule has 32 heavy (non-hydrogen) atoms. The maximum Gasteiger partial charge on any atom is 0.253 e. The van der Waals surface area contributed by atoms with Crippen LogP contribution in [0.5, 0.6) is 5.75 Å². The van der Waals surface area contributed by atoms with Crippen molar-refractivity contribution in [2.24, 2.45) is 17.8 Å². The molecule has 6 heteroatoms. The van der Waals surface area contributed by atoms with E-state index in [1.165, 1.54) is 12.1 Å². The Labute approximate surface area is 189 Å². The van der Waals surface area contributed by atoms with Crippen LogP contribution in [0.1, 0.15) is 70.8 Å². The third-order valence-corrected chi connectivity index (χ3v) is 6.89. The normalized spacial score (nSPS) is 28.2. The van der Waals surface area contributed by atoms with Crippen LogP contribution in [0, 0.1) is 29.4 Å². The Bertz CT molecular complexity index is 756. The maximum absolute atomic E-state index is 14.9. The summed E-state index contributed by atoms with van der Waals surface area (Å²) in [4.78, 5) is 0. The second-order valence-electron chi connectivity index (χ2n) is 9.26. The molecule has 0 spiro atoms. The summed E-state index contributed by atoms with van der Waals surface area (Å²) in [7, 11) is 0. The van der Waals surface area contributed by atoms with Crippen LogP contribution in [-0.4, -0.2) is 25.2 Å². The number of allylic oxidation sites excluding steroid dienone is 2. The summed E-state index contributed by atoms with van der Waals surface area (Å²) in [5.74, 6) is -5.08. The van der Waals surface area contributed by atoms with Gasteiger partial charge in [-0.05, 0) is 75.3 Å². The lowest BCUT2D eigenvalue weighted by Gasteiger charge is -2.42. The Morgan fingerprint density at radius 2 is 1.91 bits per heavy atom. The molecule has 1 saturated carbocycles. The van der Waals surface area contributed by atoms with Crippen LogP contribution < -0.4 is 4.74 Å². The van der Waals surface area contributed by atoms with Crippen molar-refractivity contribution in [3.63, 3.8) is 0 Å². The van der Waals surface area contributed by atoms with Gasteiger partial charge in [-0.25, -0.2) is 13.2 Å². The minimum absolute atomic E-state index is 0.0916. The fourth-order valence-electron chi connectivity index (χ4n) is 5.17. The quantitative estimate of drug-likeness (QED) is 0.283. The van der Waals surface area contributed by atoms with E-state index in [1.54, 1.807) is 6.92 Å². The molecule has 0 bridgehead atoms. The fourth-order valence-corrected chi connectivity index (χ4v) is 5.17. The molecule has 0 N–H and O–H groups in total. The van der Waals surface area contributed by atoms with Crippen molar-refractivity contribution < 1.29 is 27.0 Å². The molecule has 2 aliphatic rings. The van der Waals surface area contributed by atoms with E-state index >= 15 is 0 Å².